The Morgan fingerprint density at radius 2 is 1.92 bits per heavy atom. The van der Waals surface area contributed by atoms with Gasteiger partial charge in [-0.05, 0) is 6.92 Å². The highest BCUT2D eigenvalue weighted by atomic mass is 35.5. The van der Waals surface area contributed by atoms with E-state index in [9.17, 15) is 5.11 Å². The molecule has 0 saturated heterocycles. The van der Waals surface area contributed by atoms with Crippen molar-refractivity contribution in [3.05, 3.63) is 0 Å². The summed E-state index contributed by atoms with van der Waals surface area (Å²) in [6.07, 6.45) is -1.13. The Hall–Kier alpha value is -0.480. The largest absolute Gasteiger partial charge is 0.592 e. The summed E-state index contributed by atoms with van der Waals surface area (Å²) in [6.45, 7) is 2.51. The minimum Gasteiger partial charge on any atom is -0.592 e. The van der Waals surface area contributed by atoms with Crippen LogP contribution in [0.3, 0.4) is 0 Å². The second-order valence-electron chi connectivity index (χ2n) is 3.69. The smallest absolute Gasteiger partial charge is 0.142 e. The van der Waals surface area contributed by atoms with E-state index in [2.05, 4.69) is 4.74 Å². The Morgan fingerprint density at radius 1 is 1.50 bits per heavy atom. The van der Waals surface area contributed by atoms with Crippen LogP contribution in [0, 0.1) is 5.41 Å². The number of nitrogens with one attached hydrogen (secondary N) is 1. The average Bonchev–Trinajstić information content (AvgIpc) is 1.53. The maximum Gasteiger partial charge on any atom is 0.142 e. The van der Waals surface area contributed by atoms with Gasteiger partial charge in [-0.15, -0.1) is 12.4 Å². The van der Waals surface area contributed by atoms with Crippen molar-refractivity contribution in [3.8, 4) is 0 Å². The van der Waals surface area contributed by atoms with E-state index in [0.717, 1.165) is 11.0 Å². The fraction of sp³-hybridized carbons (Fsp3) is 0.857. The predicted octanol–water partition coefficient (Wildman–Crippen LogP) is -0.185. The predicted molar refractivity (Wildman–Crippen MR) is 48.4 cm³/mol. The van der Waals surface area contributed by atoms with E-state index in [1.165, 1.54) is 0 Å². The van der Waals surface area contributed by atoms with Crippen LogP contribution in [0.5, 0.6) is 0 Å². The summed E-state index contributed by atoms with van der Waals surface area (Å²) in [4.78, 5) is 0. The summed E-state index contributed by atoms with van der Waals surface area (Å²) in [7, 11) is 6.02. The van der Waals surface area contributed by atoms with Crippen LogP contribution in [0.15, 0.2) is 0 Å². The highest BCUT2D eigenvalue weighted by molar-refractivity contribution is 5.85. The van der Waals surface area contributed by atoms with Gasteiger partial charge in [0.25, 0.3) is 0 Å². The molecule has 0 aromatic heterocycles. The first-order valence-corrected chi connectivity index (χ1v) is 3.54. The van der Waals surface area contributed by atoms with Gasteiger partial charge in [-0.2, -0.15) is 0 Å². The first-order chi connectivity index (χ1) is 4.81. The number of hydrogen-bond acceptors (Lipinski definition) is 3. The Morgan fingerprint density at radius 3 is 2.17 bits per heavy atom. The third kappa shape index (κ3) is 9.52. The molecule has 0 rings (SSSR count). The standard InChI is InChI=1S/C7H16N2O2.ClH/c1-6(11-7(8)10)5-9(2,3)4;/h6H,5H2,1-4H3,(H-,8,10);1H/t6-;/m1./s1. The molecule has 5 heteroatoms. The molecule has 0 saturated carbocycles. The summed E-state index contributed by atoms with van der Waals surface area (Å²) in [6, 6.07) is 0. The Balaban J connectivity index is 0. The molecule has 0 aliphatic rings. The van der Waals surface area contributed by atoms with E-state index in [1.54, 1.807) is 6.92 Å². The number of nitrogens with zero attached hydrogens (tertiary/aromatic N) is 1. The Kier molecular flexibility index (Phi) is 6.11. The zero-order chi connectivity index (χ0) is 9.07. The van der Waals surface area contributed by atoms with Gasteiger partial charge in [0.15, 0.2) is 0 Å². The molecular formula is C7H17ClN2O2. The lowest BCUT2D eigenvalue weighted by molar-refractivity contribution is -0.873. The molecule has 74 valence electrons. The van der Waals surface area contributed by atoms with Crippen LogP contribution in [0.4, 0.5) is 0 Å². The van der Waals surface area contributed by atoms with Gasteiger partial charge in [0.1, 0.15) is 6.08 Å². The zero-order valence-electron chi connectivity index (χ0n) is 7.96. The molecule has 4 nitrogen and oxygen atoms in total. The number of likely N-dealkylation sites (N-methyl/N-ethyl adjacent to an activating group) is 1. The lowest BCUT2D eigenvalue weighted by Gasteiger charge is -2.30. The number of ether oxygens (including phenoxy) is 1. The van der Waals surface area contributed by atoms with Gasteiger partial charge in [-0.1, -0.05) is 0 Å². The first kappa shape index (κ1) is 14.1. The van der Waals surface area contributed by atoms with Crippen molar-refractivity contribution < 1.29 is 14.3 Å². The summed E-state index contributed by atoms with van der Waals surface area (Å²) in [5.41, 5.74) is 0. The molecule has 0 aliphatic heterocycles. The van der Waals surface area contributed by atoms with Crippen LogP contribution in [0.25, 0.3) is 0 Å². The van der Waals surface area contributed by atoms with E-state index in [1.807, 2.05) is 21.1 Å². The van der Waals surface area contributed by atoms with Crippen LogP contribution < -0.4 is 5.11 Å². The molecule has 12 heavy (non-hydrogen) atoms. The van der Waals surface area contributed by atoms with Crippen molar-refractivity contribution in [2.75, 3.05) is 27.7 Å². The lowest BCUT2D eigenvalue weighted by atomic mass is 10.3. The minimum absolute atomic E-state index is 0. The molecule has 0 fully saturated rings. The molecule has 0 amide bonds. The van der Waals surface area contributed by atoms with Crippen molar-refractivity contribution in [1.82, 2.24) is 0 Å². The van der Waals surface area contributed by atoms with Gasteiger partial charge in [0, 0.05) is 0 Å². The maximum atomic E-state index is 10.2. The van der Waals surface area contributed by atoms with Gasteiger partial charge in [0.05, 0.1) is 33.8 Å². The molecule has 0 bridgehead atoms. The second kappa shape index (κ2) is 5.22. The SMILES string of the molecule is C[C@H](C[N+](C)(C)C)OC(=N)[O-].Cl. The normalized spacial score (nSPS) is 13.0. The molecule has 0 aromatic carbocycles. The number of halogens is 1. The van der Waals surface area contributed by atoms with Crippen molar-refractivity contribution >= 4 is 18.5 Å². The van der Waals surface area contributed by atoms with Crippen LogP contribution >= 0.6 is 12.4 Å². The Labute approximate surface area is 79.6 Å². The lowest BCUT2D eigenvalue weighted by Crippen LogP contribution is -2.42. The maximum absolute atomic E-state index is 10.2. The van der Waals surface area contributed by atoms with Crippen LogP contribution in [-0.4, -0.2) is 44.4 Å². The number of rotatable bonds is 3. The minimum atomic E-state index is -0.953. The van der Waals surface area contributed by atoms with Crippen LogP contribution in [0.2, 0.25) is 0 Å². The molecule has 0 spiro atoms. The number of hydrogen-bond donors (Lipinski definition) is 1. The van der Waals surface area contributed by atoms with Crippen molar-refractivity contribution in [1.29, 1.82) is 5.41 Å². The summed E-state index contributed by atoms with van der Waals surface area (Å²) < 4.78 is 5.37. The molecule has 1 atom stereocenters. The second-order valence-corrected chi connectivity index (χ2v) is 3.69. The van der Waals surface area contributed by atoms with Crippen molar-refractivity contribution in [3.63, 3.8) is 0 Å². The average molecular weight is 197 g/mol. The number of quaternary nitrogens is 1. The van der Waals surface area contributed by atoms with E-state index in [4.69, 9.17) is 5.41 Å². The molecule has 0 unspecified atom stereocenters. The van der Waals surface area contributed by atoms with Crippen molar-refractivity contribution in [2.24, 2.45) is 0 Å². The molecule has 1 N–H and O–H groups in total. The third-order valence-corrected chi connectivity index (χ3v) is 1.11. The van der Waals surface area contributed by atoms with Gasteiger partial charge >= 0.3 is 0 Å². The van der Waals surface area contributed by atoms with E-state index in [0.29, 0.717) is 0 Å². The fourth-order valence-corrected chi connectivity index (χ4v) is 0.991. The third-order valence-electron chi connectivity index (χ3n) is 1.11. The molecule has 0 aliphatic carbocycles. The van der Waals surface area contributed by atoms with E-state index < -0.39 is 6.08 Å². The summed E-state index contributed by atoms with van der Waals surface area (Å²) >= 11 is 0. The highest BCUT2D eigenvalue weighted by Crippen LogP contribution is 1.97. The van der Waals surface area contributed by atoms with E-state index >= 15 is 0 Å². The monoisotopic (exact) mass is 196 g/mol. The van der Waals surface area contributed by atoms with Gasteiger partial charge in [-0.25, -0.2) is 0 Å². The topological polar surface area (TPSA) is 56.1 Å². The molecule has 0 radical (unpaired) electrons. The van der Waals surface area contributed by atoms with Crippen LogP contribution in [0.1, 0.15) is 6.92 Å². The fourth-order valence-electron chi connectivity index (χ4n) is 0.991. The summed E-state index contributed by atoms with van der Waals surface area (Å²) in [5.74, 6) is 0. The quantitative estimate of drug-likeness (QED) is 0.387. The van der Waals surface area contributed by atoms with Gasteiger partial charge in [-0.3, -0.25) is 5.41 Å². The van der Waals surface area contributed by atoms with Gasteiger partial charge in [0.2, 0.25) is 0 Å². The molecule has 0 aromatic rings. The van der Waals surface area contributed by atoms with E-state index in [-0.39, 0.29) is 18.5 Å². The van der Waals surface area contributed by atoms with Crippen LogP contribution in [-0.2, 0) is 4.74 Å². The first-order valence-electron chi connectivity index (χ1n) is 3.54. The summed E-state index contributed by atoms with van der Waals surface area (Å²) in [5, 5.41) is 16.7. The molecular weight excluding hydrogens is 180 g/mol. The highest BCUT2D eigenvalue weighted by Gasteiger charge is 2.10. The van der Waals surface area contributed by atoms with Crippen molar-refractivity contribution in [2.45, 2.75) is 13.0 Å². The Bertz CT molecular complexity index is 145. The zero-order valence-corrected chi connectivity index (χ0v) is 8.77. The molecule has 0 heterocycles. The van der Waals surface area contributed by atoms with Gasteiger partial charge < -0.3 is 14.3 Å².